The molecule has 0 N–H and O–H groups in total. The lowest BCUT2D eigenvalue weighted by Gasteiger charge is -2.29. The first-order chi connectivity index (χ1) is 17.6. The molecule has 1 saturated heterocycles. The lowest BCUT2D eigenvalue weighted by Crippen LogP contribution is -2.39. The SMILES string of the molecule is Cc1cc(S(=O)(=O)N(COCC[Si](C)(C)C)c2cscn2)ncc1N(C)[C@H]1CCN(C(=O)OC(C)(C)C)C1. The first-order valence-corrected chi connectivity index (χ1v) is 18.8. The average Bonchev–Trinajstić information content (AvgIpc) is 3.49. The van der Waals surface area contributed by atoms with Crippen molar-refractivity contribution >= 4 is 47.0 Å². The van der Waals surface area contributed by atoms with Crippen LogP contribution in [-0.2, 0) is 19.5 Å². The van der Waals surface area contributed by atoms with Crippen LogP contribution >= 0.6 is 11.3 Å². The van der Waals surface area contributed by atoms with Gasteiger partial charge in [-0.2, -0.15) is 8.42 Å². The van der Waals surface area contributed by atoms with Gasteiger partial charge in [0.1, 0.15) is 12.3 Å². The molecule has 1 atom stereocenters. The fourth-order valence-corrected chi connectivity index (χ4v) is 6.67. The minimum absolute atomic E-state index is 0.0595. The fraction of sp³-hybridized carbons (Fsp3) is 0.640. The molecule has 2 aromatic heterocycles. The van der Waals surface area contributed by atoms with E-state index in [1.807, 2.05) is 34.7 Å². The highest BCUT2D eigenvalue weighted by molar-refractivity contribution is 7.92. The summed E-state index contributed by atoms with van der Waals surface area (Å²) in [5, 5.41) is 1.63. The second kappa shape index (κ2) is 11.9. The third kappa shape index (κ3) is 7.90. The quantitative estimate of drug-likeness (QED) is 0.223. The van der Waals surface area contributed by atoms with Gasteiger partial charge in [-0.25, -0.2) is 19.1 Å². The van der Waals surface area contributed by atoms with Crippen LogP contribution in [0.2, 0.25) is 25.7 Å². The third-order valence-corrected chi connectivity index (χ3v) is 10.1. The van der Waals surface area contributed by atoms with Gasteiger partial charge in [0, 0.05) is 46.2 Å². The Bertz CT molecular complexity index is 1200. The Morgan fingerprint density at radius 1 is 1.26 bits per heavy atom. The number of nitrogens with zero attached hydrogens (tertiary/aromatic N) is 5. The van der Waals surface area contributed by atoms with Crippen molar-refractivity contribution in [1.82, 2.24) is 14.9 Å². The summed E-state index contributed by atoms with van der Waals surface area (Å²) in [6.45, 7) is 15.7. The zero-order valence-corrected chi connectivity index (χ0v) is 26.4. The number of anilines is 2. The number of thiazole rings is 1. The molecule has 1 aliphatic heterocycles. The van der Waals surface area contributed by atoms with E-state index in [9.17, 15) is 13.2 Å². The van der Waals surface area contributed by atoms with Gasteiger partial charge in [0.25, 0.3) is 10.0 Å². The van der Waals surface area contributed by atoms with Crippen molar-refractivity contribution in [2.75, 3.05) is 42.7 Å². The molecule has 3 heterocycles. The Balaban J connectivity index is 1.74. The fourth-order valence-electron chi connectivity index (χ4n) is 4.01. The third-order valence-electron chi connectivity index (χ3n) is 6.24. The number of rotatable bonds is 10. The predicted molar refractivity (Wildman–Crippen MR) is 154 cm³/mol. The lowest BCUT2D eigenvalue weighted by atomic mass is 10.1. The van der Waals surface area contributed by atoms with E-state index in [4.69, 9.17) is 9.47 Å². The van der Waals surface area contributed by atoms with Crippen LogP contribution in [0, 0.1) is 6.92 Å². The summed E-state index contributed by atoms with van der Waals surface area (Å²) >= 11 is 1.32. The Hall–Kier alpha value is -2.22. The summed E-state index contributed by atoms with van der Waals surface area (Å²) in [4.78, 5) is 24.8. The molecule has 0 saturated carbocycles. The summed E-state index contributed by atoms with van der Waals surface area (Å²) in [6.07, 6.45) is 2.05. The summed E-state index contributed by atoms with van der Waals surface area (Å²) in [5.41, 5.74) is 2.63. The Labute approximate surface area is 232 Å². The van der Waals surface area contributed by atoms with Crippen LogP contribution in [0.5, 0.6) is 0 Å². The maximum absolute atomic E-state index is 13.6. The van der Waals surface area contributed by atoms with E-state index >= 15 is 0 Å². The number of aromatic nitrogens is 2. The number of carbonyl (C=O) groups is 1. The highest BCUT2D eigenvalue weighted by Crippen LogP contribution is 2.29. The van der Waals surface area contributed by atoms with E-state index in [1.165, 1.54) is 15.6 Å². The lowest BCUT2D eigenvalue weighted by molar-refractivity contribution is 0.0292. The molecule has 0 unspecified atom stereocenters. The van der Waals surface area contributed by atoms with Crippen LogP contribution in [0.4, 0.5) is 16.3 Å². The molecule has 0 spiro atoms. The molecule has 0 aliphatic carbocycles. The highest BCUT2D eigenvalue weighted by atomic mass is 32.2. The van der Waals surface area contributed by atoms with Crippen LogP contribution in [-0.4, -0.2) is 82.6 Å². The minimum atomic E-state index is -4.00. The van der Waals surface area contributed by atoms with E-state index in [-0.39, 0.29) is 23.9 Å². The predicted octanol–water partition coefficient (Wildman–Crippen LogP) is 4.80. The van der Waals surface area contributed by atoms with Gasteiger partial charge in [0.2, 0.25) is 0 Å². The monoisotopic (exact) mass is 583 g/mol. The minimum Gasteiger partial charge on any atom is -0.444 e. The zero-order valence-electron chi connectivity index (χ0n) is 23.7. The van der Waals surface area contributed by atoms with Gasteiger partial charge in [-0.15, -0.1) is 11.3 Å². The maximum atomic E-state index is 13.6. The second-order valence-corrected chi connectivity index (χ2v) is 20.0. The number of carbonyl (C=O) groups excluding carboxylic acids is 1. The van der Waals surface area contributed by atoms with Crippen LogP contribution in [0.25, 0.3) is 0 Å². The molecular weight excluding hydrogens is 543 g/mol. The van der Waals surface area contributed by atoms with Gasteiger partial charge in [-0.1, -0.05) is 19.6 Å². The van der Waals surface area contributed by atoms with E-state index < -0.39 is 23.7 Å². The summed E-state index contributed by atoms with van der Waals surface area (Å²) in [7, 11) is -3.37. The maximum Gasteiger partial charge on any atom is 0.410 e. The molecule has 2 aromatic rings. The molecule has 10 nitrogen and oxygen atoms in total. The molecule has 212 valence electrons. The van der Waals surface area contributed by atoms with Crippen molar-refractivity contribution in [1.29, 1.82) is 0 Å². The molecule has 3 rings (SSSR count). The van der Waals surface area contributed by atoms with E-state index in [1.54, 1.807) is 28.1 Å². The van der Waals surface area contributed by atoms with Gasteiger partial charge < -0.3 is 19.3 Å². The number of ether oxygens (including phenoxy) is 2. The van der Waals surface area contributed by atoms with Crippen molar-refractivity contribution in [3.63, 3.8) is 0 Å². The van der Waals surface area contributed by atoms with Crippen LogP contribution in [0.3, 0.4) is 0 Å². The zero-order chi connectivity index (χ0) is 28.3. The van der Waals surface area contributed by atoms with Crippen LogP contribution in [0.15, 0.2) is 28.2 Å². The smallest absolute Gasteiger partial charge is 0.410 e. The highest BCUT2D eigenvalue weighted by Gasteiger charge is 2.33. The Kier molecular flexibility index (Phi) is 9.48. The van der Waals surface area contributed by atoms with Crippen molar-refractivity contribution in [2.45, 2.75) is 76.5 Å². The van der Waals surface area contributed by atoms with Gasteiger partial charge in [0.05, 0.1) is 17.4 Å². The largest absolute Gasteiger partial charge is 0.444 e. The first kappa shape index (κ1) is 30.3. The molecule has 0 radical (unpaired) electrons. The van der Waals surface area contributed by atoms with E-state index in [0.717, 1.165) is 23.7 Å². The molecule has 1 fully saturated rings. The molecule has 0 bridgehead atoms. The summed E-state index contributed by atoms with van der Waals surface area (Å²) in [5.74, 6) is 0.317. The van der Waals surface area contributed by atoms with Crippen molar-refractivity contribution < 1.29 is 22.7 Å². The molecular formula is C25H41N5O5S2Si. The average molecular weight is 584 g/mol. The van der Waals surface area contributed by atoms with Gasteiger partial charge in [0.15, 0.2) is 10.8 Å². The summed E-state index contributed by atoms with van der Waals surface area (Å²) in [6, 6.07) is 2.59. The second-order valence-electron chi connectivity index (χ2n) is 11.8. The number of amides is 1. The Morgan fingerprint density at radius 2 is 1.97 bits per heavy atom. The number of aryl methyl sites for hydroxylation is 1. The Morgan fingerprint density at radius 3 is 2.55 bits per heavy atom. The van der Waals surface area contributed by atoms with Crippen molar-refractivity contribution in [3.8, 4) is 0 Å². The standard InChI is InChI=1S/C25H41N5O5S2Si/c1-19-13-23(37(32,33)30(22-16-36-17-27-22)18-34-11-12-38(6,7)8)26-14-21(19)28(5)20-9-10-29(15-20)24(31)35-25(2,3)4/h13-14,16-17,20H,9-12,15,18H2,1-8H3/t20-/m0/s1. The van der Waals surface area contributed by atoms with Crippen molar-refractivity contribution in [3.05, 3.63) is 28.7 Å². The molecule has 1 amide bonds. The number of likely N-dealkylation sites (N-methyl/N-ethyl adjacent to an activating group) is 1. The molecule has 1 aliphatic rings. The van der Waals surface area contributed by atoms with Gasteiger partial charge in [-0.3, -0.25) is 0 Å². The number of hydrogen-bond acceptors (Lipinski definition) is 9. The van der Waals surface area contributed by atoms with E-state index in [0.29, 0.717) is 25.5 Å². The van der Waals surface area contributed by atoms with Crippen molar-refractivity contribution in [2.24, 2.45) is 0 Å². The van der Waals surface area contributed by atoms with E-state index in [2.05, 4.69) is 34.5 Å². The topological polar surface area (TPSA) is 105 Å². The van der Waals surface area contributed by atoms with Gasteiger partial charge >= 0.3 is 6.09 Å². The normalized spacial score (nSPS) is 16.5. The van der Waals surface area contributed by atoms with Crippen LogP contribution < -0.4 is 9.21 Å². The van der Waals surface area contributed by atoms with Gasteiger partial charge in [-0.05, 0) is 51.8 Å². The van der Waals surface area contributed by atoms with Crippen LogP contribution in [0.1, 0.15) is 32.8 Å². The number of hydrogen-bond donors (Lipinski definition) is 0. The molecule has 38 heavy (non-hydrogen) atoms. The summed E-state index contributed by atoms with van der Waals surface area (Å²) < 4.78 is 39.7. The number of likely N-dealkylation sites (tertiary alicyclic amines) is 1. The number of pyridine rings is 1. The molecule has 13 heteroatoms. The first-order valence-electron chi connectivity index (χ1n) is 12.7. The molecule has 0 aromatic carbocycles. The number of sulfonamides is 1.